The van der Waals surface area contributed by atoms with Crippen molar-refractivity contribution in [3.05, 3.63) is 0 Å². The van der Waals surface area contributed by atoms with Crippen LogP contribution in [0, 0.1) is 17.8 Å². The Kier molecular flexibility index (Phi) is 6.22. The van der Waals surface area contributed by atoms with E-state index < -0.39 is 23.4 Å². The van der Waals surface area contributed by atoms with Crippen LogP contribution in [0.15, 0.2) is 0 Å². The average Bonchev–Trinajstić information content (AvgIpc) is 2.77. The lowest BCUT2D eigenvalue weighted by Crippen LogP contribution is -2.60. The van der Waals surface area contributed by atoms with Crippen molar-refractivity contribution < 1.29 is 23.9 Å². The highest BCUT2D eigenvalue weighted by Crippen LogP contribution is 2.34. The van der Waals surface area contributed by atoms with E-state index in [1.54, 1.807) is 20.8 Å². The molecule has 1 N–H and O–H groups in total. The Labute approximate surface area is 124 Å². The van der Waals surface area contributed by atoms with Crippen molar-refractivity contribution in [2.45, 2.75) is 45.6 Å². The van der Waals surface area contributed by atoms with Crippen molar-refractivity contribution in [1.82, 2.24) is 5.32 Å². The molecule has 0 aromatic rings. The Morgan fingerprint density at radius 3 is 2.33 bits per heavy atom. The van der Waals surface area contributed by atoms with Gasteiger partial charge in [0.15, 0.2) is 0 Å². The molecule has 6 nitrogen and oxygen atoms in total. The van der Waals surface area contributed by atoms with Crippen LogP contribution >= 0.6 is 0 Å². The monoisotopic (exact) mass is 295 g/mol. The van der Waals surface area contributed by atoms with Gasteiger partial charge in [-0.3, -0.25) is 4.79 Å². The van der Waals surface area contributed by atoms with Gasteiger partial charge in [0, 0.05) is 18.8 Å². The highest BCUT2D eigenvalue weighted by Gasteiger charge is 2.60. The van der Waals surface area contributed by atoms with Crippen LogP contribution in [0.25, 0.3) is 0 Å². The molecule has 0 spiro atoms. The van der Waals surface area contributed by atoms with Crippen molar-refractivity contribution in [3.63, 3.8) is 0 Å². The molecule has 0 aliphatic carbocycles. The molecule has 0 radical (unpaired) electrons. The quantitative estimate of drug-likeness (QED) is 0.445. The van der Waals surface area contributed by atoms with E-state index in [2.05, 4.69) is 17.2 Å². The smallest absolute Gasteiger partial charge is 0.344 e. The van der Waals surface area contributed by atoms with Crippen molar-refractivity contribution in [3.8, 4) is 11.8 Å². The number of rotatable bonds is 6. The molecule has 1 fully saturated rings. The molecule has 0 aromatic heterocycles. The van der Waals surface area contributed by atoms with E-state index in [1.807, 2.05) is 0 Å². The summed E-state index contributed by atoms with van der Waals surface area (Å²) in [6.45, 7) is 5.24. The summed E-state index contributed by atoms with van der Waals surface area (Å²) in [5.74, 6) is 3.24. The third-order valence-corrected chi connectivity index (χ3v) is 3.37. The number of ether oxygens (including phenoxy) is 2. The second-order valence-electron chi connectivity index (χ2n) is 4.66. The van der Waals surface area contributed by atoms with Crippen LogP contribution in [-0.4, -0.2) is 36.6 Å². The first kappa shape index (κ1) is 17.0. The molecule has 1 amide bonds. The predicted octanol–water partition coefficient (Wildman–Crippen LogP) is 0.791. The van der Waals surface area contributed by atoms with Crippen molar-refractivity contribution in [2.24, 2.45) is 5.92 Å². The SMILES string of the molecule is CC#CCCC1CC(=O)NC1(C(=O)OCC)C(=O)OCC. The first-order valence-electron chi connectivity index (χ1n) is 7.07. The van der Waals surface area contributed by atoms with Gasteiger partial charge in [0.05, 0.1) is 13.2 Å². The van der Waals surface area contributed by atoms with Gasteiger partial charge in [-0.1, -0.05) is 0 Å². The summed E-state index contributed by atoms with van der Waals surface area (Å²) in [5.41, 5.74) is -1.74. The van der Waals surface area contributed by atoms with Crippen molar-refractivity contribution >= 4 is 17.8 Å². The van der Waals surface area contributed by atoms with E-state index >= 15 is 0 Å². The average molecular weight is 295 g/mol. The van der Waals surface area contributed by atoms with E-state index in [0.717, 1.165) is 0 Å². The largest absolute Gasteiger partial charge is 0.464 e. The van der Waals surface area contributed by atoms with E-state index in [4.69, 9.17) is 9.47 Å². The zero-order valence-corrected chi connectivity index (χ0v) is 12.7. The van der Waals surface area contributed by atoms with Gasteiger partial charge >= 0.3 is 11.9 Å². The highest BCUT2D eigenvalue weighted by atomic mass is 16.6. The zero-order chi connectivity index (χ0) is 15.9. The van der Waals surface area contributed by atoms with Gasteiger partial charge in [0.25, 0.3) is 0 Å². The predicted molar refractivity (Wildman–Crippen MR) is 74.9 cm³/mol. The maximum absolute atomic E-state index is 12.3. The van der Waals surface area contributed by atoms with Crippen LogP contribution < -0.4 is 5.32 Å². The van der Waals surface area contributed by atoms with Gasteiger partial charge in [0.2, 0.25) is 11.4 Å². The number of esters is 2. The zero-order valence-electron chi connectivity index (χ0n) is 12.7. The summed E-state index contributed by atoms with van der Waals surface area (Å²) in [7, 11) is 0. The molecule has 0 bridgehead atoms. The summed E-state index contributed by atoms with van der Waals surface area (Å²) < 4.78 is 9.98. The summed E-state index contributed by atoms with van der Waals surface area (Å²) >= 11 is 0. The molecule has 1 atom stereocenters. The molecule has 21 heavy (non-hydrogen) atoms. The van der Waals surface area contributed by atoms with E-state index in [9.17, 15) is 14.4 Å². The summed E-state index contributed by atoms with van der Waals surface area (Å²) in [5, 5.41) is 2.48. The minimum absolute atomic E-state index is 0.0863. The molecule has 1 heterocycles. The molecule has 1 aliphatic rings. The lowest BCUT2D eigenvalue weighted by atomic mass is 9.82. The van der Waals surface area contributed by atoms with Gasteiger partial charge in [-0.25, -0.2) is 9.59 Å². The molecular weight excluding hydrogens is 274 g/mol. The van der Waals surface area contributed by atoms with E-state index in [1.165, 1.54) is 0 Å². The minimum atomic E-state index is -1.74. The topological polar surface area (TPSA) is 81.7 Å². The molecular formula is C15H21NO5. The lowest BCUT2D eigenvalue weighted by Gasteiger charge is -2.29. The molecule has 6 heteroatoms. The van der Waals surface area contributed by atoms with E-state index in [-0.39, 0.29) is 25.5 Å². The van der Waals surface area contributed by atoms with Gasteiger partial charge in [-0.05, 0) is 27.2 Å². The molecule has 1 saturated heterocycles. The van der Waals surface area contributed by atoms with Gasteiger partial charge in [-0.15, -0.1) is 11.8 Å². The lowest BCUT2D eigenvalue weighted by molar-refractivity contribution is -0.168. The molecule has 1 rings (SSSR count). The first-order chi connectivity index (χ1) is 10.0. The minimum Gasteiger partial charge on any atom is -0.464 e. The van der Waals surface area contributed by atoms with E-state index in [0.29, 0.717) is 12.8 Å². The fraction of sp³-hybridized carbons (Fsp3) is 0.667. The number of carbonyl (C=O) groups is 3. The maximum atomic E-state index is 12.3. The Morgan fingerprint density at radius 2 is 1.86 bits per heavy atom. The molecule has 1 unspecified atom stereocenters. The summed E-state index contributed by atoms with van der Waals surface area (Å²) in [6.07, 6.45) is 1.02. The van der Waals surface area contributed by atoms with Crippen molar-refractivity contribution in [2.75, 3.05) is 13.2 Å². The van der Waals surface area contributed by atoms with Gasteiger partial charge in [0.1, 0.15) is 0 Å². The number of hydrogen-bond donors (Lipinski definition) is 1. The molecule has 1 aliphatic heterocycles. The Hall–Kier alpha value is -2.03. The number of nitrogens with one attached hydrogen (secondary N) is 1. The standard InChI is InChI=1S/C15H21NO5/c1-4-7-8-9-11-10-12(17)16-15(11,13(18)20-5-2)14(19)21-6-3/h11H,5-6,8-10H2,1-3H3,(H,16,17). The van der Waals surface area contributed by atoms with Crippen molar-refractivity contribution in [1.29, 1.82) is 0 Å². The van der Waals surface area contributed by atoms with Crippen LogP contribution in [0.4, 0.5) is 0 Å². The number of amides is 1. The Morgan fingerprint density at radius 1 is 1.29 bits per heavy atom. The summed E-state index contributed by atoms with van der Waals surface area (Å²) in [6, 6.07) is 0. The van der Waals surface area contributed by atoms with Gasteiger partial charge < -0.3 is 14.8 Å². The van der Waals surface area contributed by atoms with Crippen LogP contribution in [0.1, 0.15) is 40.0 Å². The second-order valence-corrected chi connectivity index (χ2v) is 4.66. The Bertz CT molecular complexity index is 456. The number of hydrogen-bond acceptors (Lipinski definition) is 5. The van der Waals surface area contributed by atoms with Crippen LogP contribution in [0.2, 0.25) is 0 Å². The fourth-order valence-corrected chi connectivity index (χ4v) is 2.45. The number of carbonyl (C=O) groups excluding carboxylic acids is 3. The Balaban J connectivity index is 3.10. The van der Waals surface area contributed by atoms with Crippen LogP contribution in [0.3, 0.4) is 0 Å². The highest BCUT2D eigenvalue weighted by molar-refractivity contribution is 6.10. The first-order valence-corrected chi connectivity index (χ1v) is 7.07. The normalized spacial score (nSPS) is 19.2. The second kappa shape index (κ2) is 7.67. The summed E-state index contributed by atoms with van der Waals surface area (Å²) in [4.78, 5) is 36.4. The molecule has 116 valence electrons. The van der Waals surface area contributed by atoms with Gasteiger partial charge in [-0.2, -0.15) is 0 Å². The maximum Gasteiger partial charge on any atom is 0.344 e. The van der Waals surface area contributed by atoms with Crippen LogP contribution in [0.5, 0.6) is 0 Å². The third kappa shape index (κ3) is 3.54. The molecule has 0 aromatic carbocycles. The van der Waals surface area contributed by atoms with Crippen LogP contribution in [-0.2, 0) is 23.9 Å². The third-order valence-electron chi connectivity index (χ3n) is 3.37. The molecule has 0 saturated carbocycles. The fourth-order valence-electron chi connectivity index (χ4n) is 2.45.